The third-order valence-corrected chi connectivity index (χ3v) is 2.97. The third-order valence-electron chi connectivity index (χ3n) is 2.60. The number of hydrogen-bond donors (Lipinski definition) is 1. The molecule has 0 aromatic heterocycles. The molecule has 0 heterocycles. The van der Waals surface area contributed by atoms with Crippen LogP contribution in [0.5, 0.6) is 0 Å². The smallest absolute Gasteiger partial charge is 0.0438 e. The second-order valence-corrected chi connectivity index (χ2v) is 4.93. The highest BCUT2D eigenvalue weighted by Crippen LogP contribution is 2.21. The molecule has 0 amide bonds. The highest BCUT2D eigenvalue weighted by atomic mass is 35.5. The first-order valence-electron chi connectivity index (χ1n) is 5.57. The Labute approximate surface area is 97.6 Å². The third kappa shape index (κ3) is 4.23. The fraction of sp³-hybridized carbons (Fsp3) is 0.538. The van der Waals surface area contributed by atoms with Crippen molar-refractivity contribution in [1.29, 1.82) is 0 Å². The molecule has 0 aliphatic carbocycles. The summed E-state index contributed by atoms with van der Waals surface area (Å²) < 4.78 is 0. The van der Waals surface area contributed by atoms with Gasteiger partial charge in [0.1, 0.15) is 0 Å². The summed E-state index contributed by atoms with van der Waals surface area (Å²) in [5, 5.41) is 0.861. The maximum absolute atomic E-state index is 6.12. The van der Waals surface area contributed by atoms with Crippen molar-refractivity contribution in [2.75, 3.05) is 6.54 Å². The summed E-state index contributed by atoms with van der Waals surface area (Å²) >= 11 is 6.12. The lowest BCUT2D eigenvalue weighted by Gasteiger charge is -2.17. The zero-order valence-electron chi connectivity index (χ0n) is 9.54. The van der Waals surface area contributed by atoms with Gasteiger partial charge >= 0.3 is 0 Å². The number of hydrogen-bond acceptors (Lipinski definition) is 1. The molecular weight excluding hydrogens is 206 g/mol. The molecule has 0 saturated carbocycles. The van der Waals surface area contributed by atoms with Crippen molar-refractivity contribution in [3.05, 3.63) is 34.9 Å². The number of benzene rings is 1. The minimum absolute atomic E-state index is 0.546. The Morgan fingerprint density at radius 1 is 1.27 bits per heavy atom. The van der Waals surface area contributed by atoms with E-state index < -0.39 is 0 Å². The molecule has 0 bridgehead atoms. The van der Waals surface area contributed by atoms with Crippen molar-refractivity contribution in [3.8, 4) is 0 Å². The van der Waals surface area contributed by atoms with Crippen LogP contribution in [0.15, 0.2) is 24.3 Å². The van der Waals surface area contributed by atoms with Gasteiger partial charge in [0.25, 0.3) is 0 Å². The predicted molar refractivity (Wildman–Crippen MR) is 67.2 cm³/mol. The van der Waals surface area contributed by atoms with Gasteiger partial charge in [0.15, 0.2) is 0 Å². The topological polar surface area (TPSA) is 26.0 Å². The van der Waals surface area contributed by atoms with Crippen molar-refractivity contribution in [1.82, 2.24) is 0 Å². The van der Waals surface area contributed by atoms with E-state index >= 15 is 0 Å². The highest BCUT2D eigenvalue weighted by molar-refractivity contribution is 6.31. The average molecular weight is 226 g/mol. The van der Waals surface area contributed by atoms with Crippen LogP contribution in [-0.4, -0.2) is 6.54 Å². The summed E-state index contributed by atoms with van der Waals surface area (Å²) in [6.07, 6.45) is 2.16. The van der Waals surface area contributed by atoms with Gasteiger partial charge in [0, 0.05) is 5.02 Å². The average Bonchev–Trinajstić information content (AvgIpc) is 2.19. The van der Waals surface area contributed by atoms with Crippen LogP contribution in [0.4, 0.5) is 0 Å². The Balaban J connectivity index is 2.62. The molecule has 84 valence electrons. The summed E-state index contributed by atoms with van der Waals surface area (Å²) in [5.74, 6) is 1.24. The molecule has 0 aliphatic heterocycles. The molecule has 1 unspecified atom stereocenters. The van der Waals surface area contributed by atoms with Crippen LogP contribution in [-0.2, 0) is 6.42 Å². The van der Waals surface area contributed by atoms with Gasteiger partial charge in [-0.2, -0.15) is 0 Å². The predicted octanol–water partition coefficient (Wildman–Crippen LogP) is 3.50. The molecule has 0 radical (unpaired) electrons. The van der Waals surface area contributed by atoms with E-state index in [2.05, 4.69) is 19.9 Å². The van der Waals surface area contributed by atoms with E-state index in [1.165, 1.54) is 12.0 Å². The zero-order chi connectivity index (χ0) is 11.3. The molecule has 1 aromatic carbocycles. The zero-order valence-corrected chi connectivity index (χ0v) is 10.3. The van der Waals surface area contributed by atoms with E-state index in [1.54, 1.807) is 0 Å². The maximum Gasteiger partial charge on any atom is 0.0438 e. The minimum atomic E-state index is 0.546. The molecule has 2 N–H and O–H groups in total. The summed E-state index contributed by atoms with van der Waals surface area (Å²) in [7, 11) is 0. The summed E-state index contributed by atoms with van der Waals surface area (Å²) in [4.78, 5) is 0. The molecule has 1 nitrogen and oxygen atoms in total. The number of rotatable bonds is 5. The lowest BCUT2D eigenvalue weighted by molar-refractivity contribution is 0.415. The van der Waals surface area contributed by atoms with Gasteiger partial charge in [-0.05, 0) is 42.9 Å². The molecule has 2 heteroatoms. The Bertz CT molecular complexity index is 296. The quantitative estimate of drug-likeness (QED) is 0.816. The van der Waals surface area contributed by atoms with Crippen molar-refractivity contribution in [3.63, 3.8) is 0 Å². The minimum Gasteiger partial charge on any atom is -0.330 e. The second-order valence-electron chi connectivity index (χ2n) is 4.53. The van der Waals surface area contributed by atoms with E-state index in [0.29, 0.717) is 11.8 Å². The van der Waals surface area contributed by atoms with Crippen LogP contribution in [0.1, 0.15) is 25.8 Å². The Morgan fingerprint density at radius 3 is 2.47 bits per heavy atom. The monoisotopic (exact) mass is 225 g/mol. The normalized spacial score (nSPS) is 13.1. The molecule has 0 spiro atoms. The largest absolute Gasteiger partial charge is 0.330 e. The van der Waals surface area contributed by atoms with Crippen LogP contribution in [0.3, 0.4) is 0 Å². The molecule has 1 aromatic rings. The lowest BCUT2D eigenvalue weighted by atomic mass is 9.91. The summed E-state index contributed by atoms with van der Waals surface area (Å²) in [5.41, 5.74) is 6.99. The number of nitrogens with two attached hydrogens (primary N) is 1. The van der Waals surface area contributed by atoms with E-state index in [4.69, 9.17) is 17.3 Å². The van der Waals surface area contributed by atoms with Crippen molar-refractivity contribution in [2.24, 2.45) is 17.6 Å². The van der Waals surface area contributed by atoms with Gasteiger partial charge in [-0.25, -0.2) is 0 Å². The van der Waals surface area contributed by atoms with E-state index in [9.17, 15) is 0 Å². The van der Waals surface area contributed by atoms with Gasteiger partial charge in [-0.3, -0.25) is 0 Å². The molecule has 1 rings (SSSR count). The van der Waals surface area contributed by atoms with Crippen LogP contribution < -0.4 is 5.73 Å². The summed E-state index contributed by atoms with van der Waals surface area (Å²) in [6, 6.07) is 8.03. The molecule has 0 saturated heterocycles. The number of halogens is 1. The van der Waals surface area contributed by atoms with Gasteiger partial charge in [-0.15, -0.1) is 0 Å². The van der Waals surface area contributed by atoms with E-state index in [-0.39, 0.29) is 0 Å². The Kier molecular flexibility index (Phi) is 5.13. The van der Waals surface area contributed by atoms with Crippen molar-refractivity contribution >= 4 is 11.6 Å². The first-order valence-corrected chi connectivity index (χ1v) is 5.94. The first-order chi connectivity index (χ1) is 7.13. The Hall–Kier alpha value is -0.530. The van der Waals surface area contributed by atoms with E-state index in [0.717, 1.165) is 18.0 Å². The van der Waals surface area contributed by atoms with Crippen molar-refractivity contribution < 1.29 is 0 Å². The van der Waals surface area contributed by atoms with Crippen LogP contribution >= 0.6 is 11.6 Å². The SMILES string of the molecule is CC(C)CC(CN)Cc1ccccc1Cl. The molecule has 0 aliphatic rings. The van der Waals surface area contributed by atoms with Crippen LogP contribution in [0.25, 0.3) is 0 Å². The molecule has 1 atom stereocenters. The second kappa shape index (κ2) is 6.14. The van der Waals surface area contributed by atoms with E-state index in [1.807, 2.05) is 18.2 Å². The molecule has 0 fully saturated rings. The fourth-order valence-electron chi connectivity index (χ4n) is 1.90. The van der Waals surface area contributed by atoms with Gasteiger partial charge in [0.2, 0.25) is 0 Å². The molecule has 15 heavy (non-hydrogen) atoms. The fourth-order valence-corrected chi connectivity index (χ4v) is 2.12. The van der Waals surface area contributed by atoms with Crippen LogP contribution in [0.2, 0.25) is 5.02 Å². The molecular formula is C13H20ClN. The summed E-state index contributed by atoms with van der Waals surface area (Å²) in [6.45, 7) is 5.20. The highest BCUT2D eigenvalue weighted by Gasteiger charge is 2.11. The van der Waals surface area contributed by atoms with Gasteiger partial charge < -0.3 is 5.73 Å². The van der Waals surface area contributed by atoms with Crippen molar-refractivity contribution in [2.45, 2.75) is 26.7 Å². The van der Waals surface area contributed by atoms with Crippen LogP contribution in [0, 0.1) is 11.8 Å². The maximum atomic E-state index is 6.12. The Morgan fingerprint density at radius 2 is 1.93 bits per heavy atom. The van der Waals surface area contributed by atoms with Gasteiger partial charge in [-0.1, -0.05) is 43.6 Å². The first kappa shape index (κ1) is 12.5. The van der Waals surface area contributed by atoms with Gasteiger partial charge in [0.05, 0.1) is 0 Å². The standard InChI is InChI=1S/C13H20ClN/c1-10(2)7-11(9-15)8-12-5-3-4-6-13(12)14/h3-6,10-11H,7-9,15H2,1-2H3. The lowest BCUT2D eigenvalue weighted by Crippen LogP contribution is -2.19.